The Labute approximate surface area is 157 Å². The van der Waals surface area contributed by atoms with Gasteiger partial charge in [-0.15, -0.1) is 0 Å². The van der Waals surface area contributed by atoms with Gasteiger partial charge in [0.15, 0.2) is 0 Å². The molecule has 0 N–H and O–H groups in total. The highest BCUT2D eigenvalue weighted by molar-refractivity contribution is 6.11. The Hall–Kier alpha value is -3.35. The largest absolute Gasteiger partial charge is 0.497 e. The van der Waals surface area contributed by atoms with Gasteiger partial charge in [-0.2, -0.15) is 0 Å². The van der Waals surface area contributed by atoms with Crippen molar-refractivity contribution < 1.29 is 23.8 Å². The number of ether oxygens (including phenoxy) is 3. The van der Waals surface area contributed by atoms with Gasteiger partial charge in [-0.05, 0) is 36.4 Å². The lowest BCUT2D eigenvalue weighted by molar-refractivity contribution is -0.138. The van der Waals surface area contributed by atoms with Crippen LogP contribution in [0.4, 0.5) is 5.69 Å². The number of rotatable bonds is 7. The monoisotopic (exact) mass is 368 g/mol. The van der Waals surface area contributed by atoms with Crippen molar-refractivity contribution in [3.8, 4) is 11.5 Å². The molecule has 140 valence electrons. The summed E-state index contributed by atoms with van der Waals surface area (Å²) in [5.41, 5.74) is 0.697. The minimum Gasteiger partial charge on any atom is -0.497 e. The second-order valence-corrected chi connectivity index (χ2v) is 5.81. The maximum absolute atomic E-state index is 12.7. The van der Waals surface area contributed by atoms with Crippen molar-refractivity contribution in [1.29, 1.82) is 0 Å². The molecule has 1 aliphatic rings. The summed E-state index contributed by atoms with van der Waals surface area (Å²) >= 11 is 0. The Morgan fingerprint density at radius 1 is 1.07 bits per heavy atom. The normalized spacial score (nSPS) is 18.9. The first-order valence-electron chi connectivity index (χ1n) is 8.39. The van der Waals surface area contributed by atoms with Crippen LogP contribution in [0, 0.1) is 0 Å². The fraction of sp³-hybridized carbons (Fsp3) is 0.250. The van der Waals surface area contributed by atoms with E-state index >= 15 is 0 Å². The molecule has 0 unspecified atom stereocenters. The molecule has 0 radical (unpaired) electrons. The Bertz CT molecular complexity index is 820. The SMILES string of the molecule is COC(=O)CN=C[C@H]1[C@H](Oc2ccccc2)C(=O)N1c1ccc(OC)cc1. The highest BCUT2D eigenvalue weighted by Gasteiger charge is 2.49. The molecule has 1 amide bonds. The van der Waals surface area contributed by atoms with Gasteiger partial charge in [-0.25, -0.2) is 0 Å². The smallest absolute Gasteiger partial charge is 0.327 e. The van der Waals surface area contributed by atoms with Gasteiger partial charge in [-0.1, -0.05) is 18.2 Å². The highest BCUT2D eigenvalue weighted by atomic mass is 16.5. The topological polar surface area (TPSA) is 77.4 Å². The number of carbonyl (C=O) groups excluding carboxylic acids is 2. The lowest BCUT2D eigenvalue weighted by Gasteiger charge is -2.44. The summed E-state index contributed by atoms with van der Waals surface area (Å²) in [6, 6.07) is 15.8. The molecule has 2 aromatic carbocycles. The van der Waals surface area contributed by atoms with Gasteiger partial charge in [0.05, 0.1) is 14.2 Å². The number of amides is 1. The molecule has 0 aliphatic carbocycles. The Kier molecular flexibility index (Phi) is 5.71. The molecule has 0 bridgehead atoms. The molecule has 7 heteroatoms. The molecule has 2 atom stereocenters. The zero-order valence-electron chi connectivity index (χ0n) is 15.1. The average molecular weight is 368 g/mol. The van der Waals surface area contributed by atoms with Crippen LogP contribution in [0.15, 0.2) is 59.6 Å². The zero-order valence-corrected chi connectivity index (χ0v) is 15.1. The van der Waals surface area contributed by atoms with Gasteiger partial charge in [0.1, 0.15) is 24.1 Å². The van der Waals surface area contributed by atoms with E-state index in [1.165, 1.54) is 7.11 Å². The fourth-order valence-corrected chi connectivity index (χ4v) is 2.74. The third kappa shape index (κ3) is 4.08. The lowest BCUT2D eigenvalue weighted by Crippen LogP contribution is -2.68. The summed E-state index contributed by atoms with van der Waals surface area (Å²) in [5, 5.41) is 0. The van der Waals surface area contributed by atoms with E-state index in [0.717, 1.165) is 0 Å². The van der Waals surface area contributed by atoms with Crippen LogP contribution >= 0.6 is 0 Å². The number of hydrogen-bond acceptors (Lipinski definition) is 6. The number of nitrogens with zero attached hydrogens (tertiary/aromatic N) is 2. The molecule has 0 spiro atoms. The van der Waals surface area contributed by atoms with E-state index in [9.17, 15) is 9.59 Å². The van der Waals surface area contributed by atoms with E-state index in [0.29, 0.717) is 17.2 Å². The van der Waals surface area contributed by atoms with E-state index in [4.69, 9.17) is 9.47 Å². The number of benzene rings is 2. The van der Waals surface area contributed by atoms with Crippen molar-refractivity contribution in [3.63, 3.8) is 0 Å². The number of methoxy groups -OCH3 is 2. The highest BCUT2D eigenvalue weighted by Crippen LogP contribution is 2.31. The van der Waals surface area contributed by atoms with Crippen molar-refractivity contribution in [3.05, 3.63) is 54.6 Å². The van der Waals surface area contributed by atoms with E-state index in [-0.39, 0.29) is 12.5 Å². The maximum atomic E-state index is 12.7. The molecule has 2 aromatic rings. The second-order valence-electron chi connectivity index (χ2n) is 5.81. The quantitative estimate of drug-likeness (QED) is 0.425. The Morgan fingerprint density at radius 3 is 2.41 bits per heavy atom. The molecule has 1 heterocycles. The van der Waals surface area contributed by atoms with E-state index in [2.05, 4.69) is 9.73 Å². The first kappa shape index (κ1) is 18.4. The van der Waals surface area contributed by atoms with Gasteiger partial charge in [0.2, 0.25) is 6.10 Å². The molecule has 1 saturated heterocycles. The number of anilines is 1. The number of β-lactam (4-membered cyclic amide) rings is 1. The summed E-state index contributed by atoms with van der Waals surface area (Å²) in [6.45, 7) is -0.115. The van der Waals surface area contributed by atoms with Gasteiger partial charge >= 0.3 is 5.97 Å². The minimum absolute atomic E-state index is 0.115. The molecule has 3 rings (SSSR count). The zero-order chi connectivity index (χ0) is 19.2. The lowest BCUT2D eigenvalue weighted by atomic mass is 9.97. The third-order valence-electron chi connectivity index (χ3n) is 4.15. The van der Waals surface area contributed by atoms with Crippen LogP contribution in [0.1, 0.15) is 0 Å². The molecular weight excluding hydrogens is 348 g/mol. The first-order valence-corrected chi connectivity index (χ1v) is 8.39. The van der Waals surface area contributed by atoms with E-state index < -0.39 is 18.1 Å². The number of aliphatic imine (C=N–C) groups is 1. The van der Waals surface area contributed by atoms with Gasteiger partial charge < -0.3 is 14.2 Å². The first-order chi connectivity index (χ1) is 13.1. The predicted octanol–water partition coefficient (Wildman–Crippen LogP) is 2.10. The second kappa shape index (κ2) is 8.35. The number of para-hydroxylation sites is 1. The summed E-state index contributed by atoms with van der Waals surface area (Å²) < 4.78 is 15.6. The van der Waals surface area contributed by atoms with Crippen LogP contribution in [0.25, 0.3) is 0 Å². The molecule has 7 nitrogen and oxygen atoms in total. The van der Waals surface area contributed by atoms with Crippen LogP contribution in [0.5, 0.6) is 11.5 Å². The third-order valence-corrected chi connectivity index (χ3v) is 4.15. The van der Waals surface area contributed by atoms with Crippen LogP contribution < -0.4 is 14.4 Å². The summed E-state index contributed by atoms with van der Waals surface area (Å²) in [7, 11) is 2.88. The minimum atomic E-state index is -0.712. The van der Waals surface area contributed by atoms with Crippen LogP contribution in [0.2, 0.25) is 0 Å². The van der Waals surface area contributed by atoms with Crippen LogP contribution in [-0.2, 0) is 14.3 Å². The van der Waals surface area contributed by atoms with E-state index in [1.807, 2.05) is 18.2 Å². The molecule has 1 aliphatic heterocycles. The van der Waals surface area contributed by atoms with Gasteiger partial charge in [0, 0.05) is 11.9 Å². The molecule has 27 heavy (non-hydrogen) atoms. The summed E-state index contributed by atoms with van der Waals surface area (Å²) in [6.07, 6.45) is 0.840. The number of esters is 1. The molecule has 1 fully saturated rings. The summed E-state index contributed by atoms with van der Waals surface area (Å²) in [5.74, 6) is 0.656. The predicted molar refractivity (Wildman–Crippen MR) is 101 cm³/mol. The van der Waals surface area contributed by atoms with Crippen LogP contribution in [-0.4, -0.2) is 51.0 Å². The van der Waals surface area contributed by atoms with Crippen molar-refractivity contribution in [1.82, 2.24) is 0 Å². The standard InChI is InChI=1S/C20H20N2O5/c1-25-15-10-8-14(9-11-15)22-17(12-21-13-18(23)26-2)19(20(22)24)27-16-6-4-3-5-7-16/h3-12,17,19H,13H2,1-2H3/t17-,19-/m0/s1. The van der Waals surface area contributed by atoms with Crippen molar-refractivity contribution >= 4 is 23.8 Å². The Morgan fingerprint density at radius 2 is 1.78 bits per heavy atom. The van der Waals surface area contributed by atoms with Gasteiger partial charge in [0.25, 0.3) is 5.91 Å². The van der Waals surface area contributed by atoms with Crippen molar-refractivity contribution in [2.75, 3.05) is 25.7 Å². The van der Waals surface area contributed by atoms with E-state index in [1.54, 1.807) is 54.6 Å². The summed E-state index contributed by atoms with van der Waals surface area (Å²) in [4.78, 5) is 29.7. The van der Waals surface area contributed by atoms with Crippen molar-refractivity contribution in [2.45, 2.75) is 12.1 Å². The molecule has 0 aromatic heterocycles. The number of carbonyl (C=O) groups is 2. The molecular formula is C20H20N2O5. The van der Waals surface area contributed by atoms with Gasteiger partial charge in [-0.3, -0.25) is 19.5 Å². The molecule has 0 saturated carbocycles. The number of hydrogen-bond donors (Lipinski definition) is 0. The average Bonchev–Trinajstić information content (AvgIpc) is 2.72. The van der Waals surface area contributed by atoms with Crippen LogP contribution in [0.3, 0.4) is 0 Å². The van der Waals surface area contributed by atoms with Crippen molar-refractivity contribution in [2.24, 2.45) is 4.99 Å². The Balaban J connectivity index is 1.80. The maximum Gasteiger partial charge on any atom is 0.327 e. The fourth-order valence-electron chi connectivity index (χ4n) is 2.74.